The Hall–Kier alpha value is -0.560. The Labute approximate surface area is 155 Å². The van der Waals surface area contributed by atoms with E-state index in [1.807, 2.05) is 0 Å². The van der Waals surface area contributed by atoms with Gasteiger partial charge in [-0.1, -0.05) is 38.2 Å². The summed E-state index contributed by atoms with van der Waals surface area (Å²) in [7, 11) is 0. The molecule has 2 N–H and O–H groups in total. The van der Waals surface area contributed by atoms with Crippen LogP contribution in [-0.2, 0) is 0 Å². The van der Waals surface area contributed by atoms with Gasteiger partial charge in [0.15, 0.2) is 0 Å². The summed E-state index contributed by atoms with van der Waals surface area (Å²) < 4.78 is 0. The first kappa shape index (κ1) is 17.8. The van der Waals surface area contributed by atoms with Crippen LogP contribution in [0.3, 0.4) is 0 Å². The summed E-state index contributed by atoms with van der Waals surface area (Å²) in [4.78, 5) is 0. The summed E-state index contributed by atoms with van der Waals surface area (Å²) in [5, 5.41) is 0. The third-order valence-electron chi connectivity index (χ3n) is 9.40. The van der Waals surface area contributed by atoms with Crippen molar-refractivity contribution in [1.82, 2.24) is 0 Å². The van der Waals surface area contributed by atoms with Crippen LogP contribution in [0.15, 0.2) is 24.3 Å². The van der Waals surface area contributed by atoms with Crippen LogP contribution in [0.4, 0.5) is 0 Å². The van der Waals surface area contributed by atoms with Crippen LogP contribution >= 0.6 is 0 Å². The molecule has 4 unspecified atom stereocenters. The zero-order valence-electron chi connectivity index (χ0n) is 16.6. The van der Waals surface area contributed by atoms with Gasteiger partial charge in [0.05, 0.1) is 0 Å². The molecular weight excluding hydrogens is 302 g/mol. The van der Waals surface area contributed by atoms with Gasteiger partial charge in [-0.25, -0.2) is 0 Å². The van der Waals surface area contributed by atoms with Gasteiger partial charge in [-0.15, -0.1) is 0 Å². The highest BCUT2D eigenvalue weighted by atomic mass is 14.6. The highest BCUT2D eigenvalue weighted by Gasteiger charge is 2.58. The predicted octanol–water partition coefficient (Wildman–Crippen LogP) is 6.11. The topological polar surface area (TPSA) is 26.0 Å². The van der Waals surface area contributed by atoms with Crippen molar-refractivity contribution >= 4 is 0 Å². The second-order valence-electron chi connectivity index (χ2n) is 10.3. The highest BCUT2D eigenvalue weighted by molar-refractivity contribution is 5.21. The molecule has 0 aromatic heterocycles. The Morgan fingerprint density at radius 2 is 1.92 bits per heavy atom. The predicted molar refractivity (Wildman–Crippen MR) is 107 cm³/mol. The number of rotatable bonds is 3. The molecular formula is C24H39N. The smallest absolute Gasteiger partial charge is 0.00426 e. The van der Waals surface area contributed by atoms with E-state index in [1.54, 1.807) is 5.57 Å². The lowest BCUT2D eigenvalue weighted by Gasteiger charge is -2.60. The van der Waals surface area contributed by atoms with Crippen LogP contribution in [0.1, 0.15) is 78.1 Å². The quantitative estimate of drug-likeness (QED) is 0.616. The van der Waals surface area contributed by atoms with Gasteiger partial charge in [0.2, 0.25) is 0 Å². The van der Waals surface area contributed by atoms with E-state index in [1.165, 1.54) is 57.8 Å². The maximum atomic E-state index is 5.65. The first-order chi connectivity index (χ1) is 12.0. The van der Waals surface area contributed by atoms with Gasteiger partial charge < -0.3 is 5.73 Å². The van der Waals surface area contributed by atoms with Crippen LogP contribution < -0.4 is 5.73 Å². The van der Waals surface area contributed by atoms with E-state index in [9.17, 15) is 0 Å². The molecule has 0 aliphatic heterocycles. The largest absolute Gasteiger partial charge is 0.330 e. The summed E-state index contributed by atoms with van der Waals surface area (Å²) in [5.74, 6) is 4.71. The summed E-state index contributed by atoms with van der Waals surface area (Å²) in [6, 6.07) is 0. The molecule has 0 spiro atoms. The molecule has 0 aromatic carbocycles. The van der Waals surface area contributed by atoms with Gasteiger partial charge in [0, 0.05) is 0 Å². The van der Waals surface area contributed by atoms with Crippen LogP contribution in [0.2, 0.25) is 0 Å². The second kappa shape index (κ2) is 6.55. The van der Waals surface area contributed by atoms with Crippen molar-refractivity contribution in [1.29, 1.82) is 0 Å². The molecule has 0 saturated heterocycles. The number of allylic oxidation sites excluding steroid dienone is 2. The Kier molecular flexibility index (Phi) is 4.67. The van der Waals surface area contributed by atoms with Crippen LogP contribution in [0.25, 0.3) is 0 Å². The zero-order valence-corrected chi connectivity index (χ0v) is 16.6. The van der Waals surface area contributed by atoms with E-state index in [4.69, 9.17) is 5.73 Å². The van der Waals surface area contributed by atoms with E-state index in [0.29, 0.717) is 10.8 Å². The van der Waals surface area contributed by atoms with E-state index in [2.05, 4.69) is 32.6 Å². The normalized spacial score (nSPS) is 49.7. The van der Waals surface area contributed by atoms with Crippen LogP contribution in [-0.4, -0.2) is 6.54 Å². The summed E-state index contributed by atoms with van der Waals surface area (Å²) >= 11 is 0. The minimum atomic E-state index is 0.479. The minimum absolute atomic E-state index is 0.479. The Morgan fingerprint density at radius 3 is 2.72 bits per heavy atom. The minimum Gasteiger partial charge on any atom is -0.330 e. The molecule has 7 atom stereocenters. The van der Waals surface area contributed by atoms with Crippen molar-refractivity contribution in [2.24, 2.45) is 46.2 Å². The van der Waals surface area contributed by atoms with E-state index < -0.39 is 0 Å². The molecule has 0 bridgehead atoms. The fourth-order valence-corrected chi connectivity index (χ4v) is 7.76. The maximum Gasteiger partial charge on any atom is -0.00426 e. The SMILES string of the molecule is C=C1CCC2C3CCC4C[C@@H](/C=C/CCN)CC[C@]4(C)C3CC[C@]12C. The number of hydrogen-bond donors (Lipinski definition) is 1. The van der Waals surface area contributed by atoms with Gasteiger partial charge in [-0.2, -0.15) is 0 Å². The van der Waals surface area contributed by atoms with E-state index in [0.717, 1.165) is 42.6 Å². The average Bonchev–Trinajstić information content (AvgIpc) is 2.90. The van der Waals surface area contributed by atoms with Crippen molar-refractivity contribution in [3.8, 4) is 0 Å². The average molecular weight is 342 g/mol. The molecule has 140 valence electrons. The molecule has 4 saturated carbocycles. The van der Waals surface area contributed by atoms with Gasteiger partial charge in [-0.3, -0.25) is 0 Å². The molecule has 1 heteroatoms. The van der Waals surface area contributed by atoms with Crippen molar-refractivity contribution in [2.75, 3.05) is 6.54 Å². The lowest BCUT2D eigenvalue weighted by molar-refractivity contribution is -0.103. The zero-order chi connectivity index (χ0) is 17.7. The summed E-state index contributed by atoms with van der Waals surface area (Å²) in [5.41, 5.74) is 8.33. The monoisotopic (exact) mass is 341 g/mol. The van der Waals surface area contributed by atoms with Crippen molar-refractivity contribution in [2.45, 2.75) is 78.1 Å². The molecule has 0 heterocycles. The van der Waals surface area contributed by atoms with E-state index >= 15 is 0 Å². The Bertz CT molecular complexity index is 548. The fourth-order valence-electron chi connectivity index (χ4n) is 7.76. The first-order valence-corrected chi connectivity index (χ1v) is 11.0. The standard InChI is InChI=1S/C24H39N/c1-17-7-10-21-20-9-8-19-16-18(6-4-5-15-25)11-13-24(19,3)22(20)12-14-23(17,21)2/h4,6,18-22H,1,5,7-16,25H2,2-3H3/b6-4+/t18-,19?,20?,21?,22?,23+,24-/m0/s1. The molecule has 0 aromatic rings. The third kappa shape index (κ3) is 2.76. The molecule has 4 rings (SSSR count). The maximum absolute atomic E-state index is 5.65. The summed E-state index contributed by atoms with van der Waals surface area (Å²) in [6.07, 6.45) is 18.8. The fraction of sp³-hybridized carbons (Fsp3) is 0.833. The van der Waals surface area contributed by atoms with Gasteiger partial charge in [-0.05, 0) is 111 Å². The van der Waals surface area contributed by atoms with E-state index in [-0.39, 0.29) is 0 Å². The first-order valence-electron chi connectivity index (χ1n) is 11.0. The van der Waals surface area contributed by atoms with Gasteiger partial charge in [0.25, 0.3) is 0 Å². The Morgan fingerprint density at radius 1 is 1.08 bits per heavy atom. The summed E-state index contributed by atoms with van der Waals surface area (Å²) in [6.45, 7) is 10.5. The van der Waals surface area contributed by atoms with Crippen molar-refractivity contribution in [3.63, 3.8) is 0 Å². The molecule has 4 aliphatic carbocycles. The van der Waals surface area contributed by atoms with Gasteiger partial charge in [0.1, 0.15) is 0 Å². The molecule has 1 nitrogen and oxygen atoms in total. The highest BCUT2D eigenvalue weighted by Crippen LogP contribution is 2.67. The molecule has 0 amide bonds. The second-order valence-corrected chi connectivity index (χ2v) is 10.3. The lowest BCUT2D eigenvalue weighted by Crippen LogP contribution is -2.52. The molecule has 4 fully saturated rings. The number of nitrogens with two attached hydrogens (primary N) is 1. The van der Waals surface area contributed by atoms with Crippen molar-refractivity contribution in [3.05, 3.63) is 24.3 Å². The Balaban J connectivity index is 1.50. The molecule has 4 aliphatic rings. The third-order valence-corrected chi connectivity index (χ3v) is 9.40. The van der Waals surface area contributed by atoms with Crippen LogP contribution in [0.5, 0.6) is 0 Å². The van der Waals surface area contributed by atoms with Crippen molar-refractivity contribution < 1.29 is 0 Å². The molecule has 0 radical (unpaired) electrons. The number of hydrogen-bond acceptors (Lipinski definition) is 1. The lowest BCUT2D eigenvalue weighted by atomic mass is 9.44. The number of fused-ring (bicyclic) bond motifs is 5. The van der Waals surface area contributed by atoms with Crippen LogP contribution in [0, 0.1) is 40.4 Å². The van der Waals surface area contributed by atoms with Gasteiger partial charge >= 0.3 is 0 Å². The molecule has 25 heavy (non-hydrogen) atoms.